The zero-order chi connectivity index (χ0) is 20.8. The van der Waals surface area contributed by atoms with Crippen LogP contribution < -0.4 is 16.4 Å². The Morgan fingerprint density at radius 1 is 1.10 bits per heavy atom. The maximum absolute atomic E-state index is 13.6. The van der Waals surface area contributed by atoms with E-state index < -0.39 is 17.5 Å². The molecule has 0 spiro atoms. The Bertz CT molecular complexity index is 1020. The normalized spacial score (nSPS) is 10.6. The molecule has 0 fully saturated rings. The zero-order valence-corrected chi connectivity index (χ0v) is 16.3. The number of aromatic nitrogens is 3. The summed E-state index contributed by atoms with van der Waals surface area (Å²) in [6, 6.07) is 10.5. The van der Waals surface area contributed by atoms with Gasteiger partial charge in [-0.1, -0.05) is 17.7 Å². The summed E-state index contributed by atoms with van der Waals surface area (Å²) in [7, 11) is 0. The molecule has 7 nitrogen and oxygen atoms in total. The van der Waals surface area contributed by atoms with Crippen LogP contribution in [0.25, 0.3) is 0 Å². The number of hydrogen-bond donors (Lipinski definition) is 3. The molecule has 1 aromatic heterocycles. The molecule has 0 saturated heterocycles. The number of nitrogens with one attached hydrogen (secondary N) is 2. The topological polar surface area (TPSA) is 106 Å². The van der Waals surface area contributed by atoms with Crippen molar-refractivity contribution in [2.75, 3.05) is 22.1 Å². The fourth-order valence-corrected chi connectivity index (χ4v) is 3.01. The minimum absolute atomic E-state index is 0.00225. The van der Waals surface area contributed by atoms with Crippen molar-refractivity contribution in [3.8, 4) is 0 Å². The fourth-order valence-electron chi connectivity index (χ4n) is 2.34. The van der Waals surface area contributed by atoms with E-state index >= 15 is 0 Å². The summed E-state index contributed by atoms with van der Waals surface area (Å²) in [6.45, 7) is 1.98. The maximum atomic E-state index is 13.6. The molecule has 150 valence electrons. The summed E-state index contributed by atoms with van der Waals surface area (Å²) in [6.07, 6.45) is 0. The maximum Gasteiger partial charge on any atom is 0.234 e. The number of aryl methyl sites for hydroxylation is 1. The second-order valence-corrected chi connectivity index (χ2v) is 7.08. The summed E-state index contributed by atoms with van der Waals surface area (Å²) in [4.78, 5) is 24.3. The first kappa shape index (κ1) is 20.5. The fraction of sp³-hybridized carbons (Fsp3) is 0.158. The van der Waals surface area contributed by atoms with Crippen LogP contribution in [-0.4, -0.2) is 26.6 Å². The third-order valence-electron chi connectivity index (χ3n) is 3.67. The Labute approximate surface area is 170 Å². The number of amides is 1. The molecular weight excluding hydrogens is 398 g/mol. The average Bonchev–Trinajstić information content (AvgIpc) is 2.66. The van der Waals surface area contributed by atoms with Gasteiger partial charge in [-0.2, -0.15) is 15.0 Å². The Hall–Kier alpha value is -3.27. The number of benzene rings is 2. The minimum atomic E-state index is -0.707. The average molecular weight is 416 g/mol. The minimum Gasteiger partial charge on any atom is -0.368 e. The molecule has 0 aliphatic heterocycles. The van der Waals surface area contributed by atoms with Crippen LogP contribution in [0.4, 0.5) is 32.1 Å². The van der Waals surface area contributed by atoms with Gasteiger partial charge in [0.05, 0.1) is 17.2 Å². The Morgan fingerprint density at radius 3 is 2.62 bits per heavy atom. The molecule has 1 amide bonds. The summed E-state index contributed by atoms with van der Waals surface area (Å²) >= 11 is 1.21. The lowest BCUT2D eigenvalue weighted by Gasteiger charge is -2.08. The Morgan fingerprint density at radius 2 is 1.86 bits per heavy atom. The monoisotopic (exact) mass is 416 g/mol. The lowest BCUT2D eigenvalue weighted by Crippen LogP contribution is -2.15. The third-order valence-corrected chi connectivity index (χ3v) is 4.60. The zero-order valence-electron chi connectivity index (χ0n) is 15.4. The summed E-state index contributed by atoms with van der Waals surface area (Å²) in [5.74, 6) is -0.789. The summed E-state index contributed by atoms with van der Waals surface area (Å²) < 4.78 is 26.7. The Kier molecular flexibility index (Phi) is 6.55. The van der Waals surface area contributed by atoms with Crippen molar-refractivity contribution in [1.82, 2.24) is 15.0 Å². The van der Waals surface area contributed by atoms with E-state index in [1.807, 2.05) is 31.2 Å². The van der Waals surface area contributed by atoms with E-state index in [0.29, 0.717) is 11.8 Å². The van der Waals surface area contributed by atoms with Gasteiger partial charge in [0.1, 0.15) is 17.5 Å². The predicted molar refractivity (Wildman–Crippen MR) is 110 cm³/mol. The summed E-state index contributed by atoms with van der Waals surface area (Å²) in [5.41, 5.74) is 7.46. The molecule has 1 heterocycles. The predicted octanol–water partition coefficient (Wildman–Crippen LogP) is 3.66. The summed E-state index contributed by atoms with van der Waals surface area (Å²) in [5, 5.41) is 5.38. The molecule has 0 saturated carbocycles. The first-order valence-corrected chi connectivity index (χ1v) is 9.71. The SMILES string of the molecule is Cc1ccc(Nc2nc(N)nc(CSCC(=O)Nc3cc(F)ccc3F)n2)cc1. The molecule has 10 heteroatoms. The standard InChI is InChI=1S/C19H18F2N6OS/c1-11-2-5-13(6-3-11)23-19-26-16(25-18(22)27-19)9-29-10-17(28)24-15-8-12(20)4-7-14(15)21/h2-8H,9-10H2,1H3,(H,24,28)(H3,22,23,25,26,27). The Balaban J connectivity index is 1.56. The molecule has 3 rings (SSSR count). The van der Waals surface area contributed by atoms with Gasteiger partial charge < -0.3 is 16.4 Å². The molecule has 0 aliphatic carbocycles. The first-order valence-electron chi connectivity index (χ1n) is 8.56. The van der Waals surface area contributed by atoms with E-state index in [0.717, 1.165) is 29.4 Å². The number of anilines is 4. The quantitative estimate of drug-likeness (QED) is 0.540. The van der Waals surface area contributed by atoms with Crippen molar-refractivity contribution >= 4 is 40.9 Å². The molecule has 0 bridgehead atoms. The van der Waals surface area contributed by atoms with Gasteiger partial charge in [-0.05, 0) is 31.2 Å². The first-order chi connectivity index (χ1) is 13.9. The number of halogens is 2. The van der Waals surface area contributed by atoms with Crippen molar-refractivity contribution in [3.63, 3.8) is 0 Å². The van der Waals surface area contributed by atoms with Gasteiger partial charge >= 0.3 is 0 Å². The van der Waals surface area contributed by atoms with Crippen LogP contribution >= 0.6 is 11.8 Å². The molecule has 29 heavy (non-hydrogen) atoms. The lowest BCUT2D eigenvalue weighted by atomic mass is 10.2. The van der Waals surface area contributed by atoms with Crippen molar-refractivity contribution in [2.24, 2.45) is 0 Å². The van der Waals surface area contributed by atoms with E-state index in [4.69, 9.17) is 5.73 Å². The van der Waals surface area contributed by atoms with Gasteiger partial charge in [-0.15, -0.1) is 11.8 Å². The van der Waals surface area contributed by atoms with E-state index in [9.17, 15) is 13.6 Å². The number of carbonyl (C=O) groups excluding carboxylic acids is 1. The van der Waals surface area contributed by atoms with Crippen molar-refractivity contribution in [2.45, 2.75) is 12.7 Å². The van der Waals surface area contributed by atoms with Gasteiger partial charge in [-0.25, -0.2) is 8.78 Å². The molecule has 0 aliphatic rings. The smallest absolute Gasteiger partial charge is 0.234 e. The number of carbonyl (C=O) groups is 1. The van der Waals surface area contributed by atoms with E-state index in [2.05, 4.69) is 25.6 Å². The van der Waals surface area contributed by atoms with Gasteiger partial charge in [-0.3, -0.25) is 4.79 Å². The molecule has 0 unspecified atom stereocenters. The third kappa shape index (κ3) is 6.11. The highest BCUT2D eigenvalue weighted by molar-refractivity contribution is 7.99. The van der Waals surface area contributed by atoms with Gasteiger partial charge in [0.15, 0.2) is 0 Å². The molecule has 0 radical (unpaired) electrons. The number of hydrogen-bond acceptors (Lipinski definition) is 7. The van der Waals surface area contributed by atoms with E-state index in [-0.39, 0.29) is 23.1 Å². The van der Waals surface area contributed by atoms with Crippen LogP contribution in [0, 0.1) is 18.6 Å². The number of nitrogens with zero attached hydrogens (tertiary/aromatic N) is 3. The van der Waals surface area contributed by atoms with E-state index in [1.54, 1.807) is 0 Å². The lowest BCUT2D eigenvalue weighted by molar-refractivity contribution is -0.113. The van der Waals surface area contributed by atoms with Crippen LogP contribution in [0.1, 0.15) is 11.4 Å². The second-order valence-electron chi connectivity index (χ2n) is 6.09. The van der Waals surface area contributed by atoms with Crippen LogP contribution in [0.2, 0.25) is 0 Å². The highest BCUT2D eigenvalue weighted by Crippen LogP contribution is 2.18. The van der Waals surface area contributed by atoms with Gasteiger partial charge in [0, 0.05) is 11.8 Å². The second kappa shape index (κ2) is 9.28. The van der Waals surface area contributed by atoms with Crippen LogP contribution in [-0.2, 0) is 10.5 Å². The molecule has 0 atom stereocenters. The van der Waals surface area contributed by atoms with Crippen molar-refractivity contribution < 1.29 is 13.6 Å². The number of nitrogens with two attached hydrogens (primary N) is 1. The van der Waals surface area contributed by atoms with E-state index in [1.165, 1.54) is 11.8 Å². The number of rotatable bonds is 7. The van der Waals surface area contributed by atoms with Gasteiger partial charge in [0.2, 0.25) is 17.8 Å². The molecule has 2 aromatic carbocycles. The van der Waals surface area contributed by atoms with Gasteiger partial charge in [0.25, 0.3) is 0 Å². The van der Waals surface area contributed by atoms with Crippen molar-refractivity contribution in [1.29, 1.82) is 0 Å². The van der Waals surface area contributed by atoms with Crippen molar-refractivity contribution in [3.05, 3.63) is 65.5 Å². The van der Waals surface area contributed by atoms with Crippen LogP contribution in [0.3, 0.4) is 0 Å². The largest absolute Gasteiger partial charge is 0.368 e. The molecule has 3 aromatic rings. The number of nitrogen functional groups attached to an aromatic ring is 1. The number of thioether (sulfide) groups is 1. The van der Waals surface area contributed by atoms with Crippen LogP contribution in [0.15, 0.2) is 42.5 Å². The molecular formula is C19H18F2N6OS. The molecule has 4 N–H and O–H groups in total. The highest BCUT2D eigenvalue weighted by Gasteiger charge is 2.10. The van der Waals surface area contributed by atoms with Crippen LogP contribution in [0.5, 0.6) is 0 Å². The highest BCUT2D eigenvalue weighted by atomic mass is 32.2.